The lowest BCUT2D eigenvalue weighted by Crippen LogP contribution is -2.34. The number of anilines is 1. The molecule has 1 N–H and O–H groups in total. The molecule has 1 aromatic carbocycles. The van der Waals surface area contributed by atoms with E-state index in [1.54, 1.807) is 0 Å². The second kappa shape index (κ2) is 5.21. The summed E-state index contributed by atoms with van der Waals surface area (Å²) >= 11 is 0. The van der Waals surface area contributed by atoms with Crippen LogP contribution in [0.4, 0.5) is 5.95 Å². The minimum atomic E-state index is 0.210. The third-order valence-electron chi connectivity index (χ3n) is 3.26. The minimum Gasteiger partial charge on any atom is -0.355 e. The van der Waals surface area contributed by atoms with E-state index in [2.05, 4.69) is 60.8 Å². The molecule has 2 rings (SSSR count). The number of nitrogens with zero attached hydrogens (tertiary/aromatic N) is 3. The van der Waals surface area contributed by atoms with Gasteiger partial charge in [-0.25, -0.2) is 4.98 Å². The molecule has 0 aliphatic rings. The van der Waals surface area contributed by atoms with Gasteiger partial charge in [0, 0.05) is 20.1 Å². The average Bonchev–Trinajstić information content (AvgIpc) is 2.63. The van der Waals surface area contributed by atoms with Crippen molar-refractivity contribution in [3.05, 3.63) is 24.3 Å². The van der Waals surface area contributed by atoms with Gasteiger partial charge in [-0.05, 0) is 31.6 Å². The second-order valence-electron chi connectivity index (χ2n) is 6.24. The van der Waals surface area contributed by atoms with Crippen molar-refractivity contribution in [2.75, 3.05) is 32.5 Å². The molecule has 0 unspecified atom stereocenters. The maximum Gasteiger partial charge on any atom is 0.203 e. The van der Waals surface area contributed by atoms with Crippen LogP contribution in [-0.4, -0.2) is 41.6 Å². The van der Waals surface area contributed by atoms with E-state index < -0.39 is 0 Å². The molecule has 2 aromatic rings. The molecule has 0 aliphatic heterocycles. The Labute approximate surface area is 115 Å². The number of rotatable bonds is 5. The number of benzene rings is 1. The standard InChI is InChI=1S/C15H24N4/c1-15(2,11-18(3)4)10-16-14-17-12-8-6-7-9-13(12)19(14)5/h6-9H,10-11H2,1-5H3,(H,16,17). The molecule has 4 nitrogen and oxygen atoms in total. The van der Waals surface area contributed by atoms with Crippen LogP contribution in [0.1, 0.15) is 13.8 Å². The molecular weight excluding hydrogens is 236 g/mol. The maximum absolute atomic E-state index is 4.63. The van der Waals surface area contributed by atoms with Gasteiger partial charge in [0.2, 0.25) is 5.95 Å². The van der Waals surface area contributed by atoms with E-state index in [1.807, 2.05) is 18.2 Å². The smallest absolute Gasteiger partial charge is 0.203 e. The number of hydrogen-bond acceptors (Lipinski definition) is 3. The van der Waals surface area contributed by atoms with Crippen LogP contribution < -0.4 is 5.32 Å². The van der Waals surface area contributed by atoms with E-state index in [4.69, 9.17) is 0 Å². The molecule has 0 saturated carbocycles. The Balaban J connectivity index is 2.12. The average molecular weight is 260 g/mol. The highest BCUT2D eigenvalue weighted by molar-refractivity contribution is 5.78. The molecular formula is C15H24N4. The van der Waals surface area contributed by atoms with Crippen LogP contribution in [0.25, 0.3) is 11.0 Å². The fraction of sp³-hybridized carbons (Fsp3) is 0.533. The highest BCUT2D eigenvalue weighted by Crippen LogP contribution is 2.20. The first-order chi connectivity index (χ1) is 8.89. The molecule has 0 bridgehead atoms. The predicted octanol–water partition coefficient (Wildman–Crippen LogP) is 2.57. The van der Waals surface area contributed by atoms with Gasteiger partial charge in [-0.15, -0.1) is 0 Å². The summed E-state index contributed by atoms with van der Waals surface area (Å²) in [6.07, 6.45) is 0. The van der Waals surface area contributed by atoms with Crippen LogP contribution in [0.3, 0.4) is 0 Å². The molecule has 0 amide bonds. The van der Waals surface area contributed by atoms with Gasteiger partial charge in [-0.1, -0.05) is 26.0 Å². The quantitative estimate of drug-likeness (QED) is 0.897. The molecule has 19 heavy (non-hydrogen) atoms. The Bertz CT molecular complexity index is 554. The van der Waals surface area contributed by atoms with Crippen molar-refractivity contribution in [3.63, 3.8) is 0 Å². The van der Waals surface area contributed by atoms with Crippen molar-refractivity contribution >= 4 is 17.0 Å². The largest absolute Gasteiger partial charge is 0.355 e. The number of hydrogen-bond donors (Lipinski definition) is 1. The van der Waals surface area contributed by atoms with Crippen molar-refractivity contribution in [2.45, 2.75) is 13.8 Å². The summed E-state index contributed by atoms with van der Waals surface area (Å²) < 4.78 is 2.11. The Morgan fingerprint density at radius 2 is 1.95 bits per heavy atom. The van der Waals surface area contributed by atoms with Crippen molar-refractivity contribution in [1.29, 1.82) is 0 Å². The van der Waals surface area contributed by atoms with Crippen LogP contribution in [0.5, 0.6) is 0 Å². The van der Waals surface area contributed by atoms with Gasteiger partial charge in [0.1, 0.15) is 0 Å². The summed E-state index contributed by atoms with van der Waals surface area (Å²) in [5, 5.41) is 3.47. The molecule has 1 heterocycles. The Hall–Kier alpha value is -1.55. The van der Waals surface area contributed by atoms with Crippen LogP contribution in [0.15, 0.2) is 24.3 Å². The Kier molecular flexibility index (Phi) is 3.80. The summed E-state index contributed by atoms with van der Waals surface area (Å²) in [5.74, 6) is 0.938. The zero-order valence-electron chi connectivity index (χ0n) is 12.6. The first kappa shape index (κ1) is 13.9. The molecule has 0 spiro atoms. The van der Waals surface area contributed by atoms with Crippen molar-refractivity contribution < 1.29 is 0 Å². The molecule has 0 radical (unpaired) electrons. The Morgan fingerprint density at radius 1 is 1.26 bits per heavy atom. The fourth-order valence-corrected chi connectivity index (χ4v) is 2.53. The van der Waals surface area contributed by atoms with E-state index in [0.29, 0.717) is 0 Å². The van der Waals surface area contributed by atoms with Gasteiger partial charge < -0.3 is 14.8 Å². The van der Waals surface area contributed by atoms with Gasteiger partial charge >= 0.3 is 0 Å². The summed E-state index contributed by atoms with van der Waals surface area (Å²) in [4.78, 5) is 6.85. The molecule has 0 fully saturated rings. The van der Waals surface area contributed by atoms with E-state index in [1.165, 1.54) is 0 Å². The number of nitrogens with one attached hydrogen (secondary N) is 1. The topological polar surface area (TPSA) is 33.1 Å². The molecule has 4 heteroatoms. The number of imidazole rings is 1. The third kappa shape index (κ3) is 3.26. The first-order valence-corrected chi connectivity index (χ1v) is 6.69. The maximum atomic E-state index is 4.63. The lowest BCUT2D eigenvalue weighted by Gasteiger charge is -2.28. The summed E-state index contributed by atoms with van der Waals surface area (Å²) in [6, 6.07) is 8.21. The van der Waals surface area contributed by atoms with Crippen molar-refractivity contribution in [3.8, 4) is 0 Å². The van der Waals surface area contributed by atoms with Crippen molar-refractivity contribution in [2.24, 2.45) is 12.5 Å². The molecule has 0 saturated heterocycles. The van der Waals surface area contributed by atoms with Crippen LogP contribution >= 0.6 is 0 Å². The number of fused-ring (bicyclic) bond motifs is 1. The van der Waals surface area contributed by atoms with Gasteiger partial charge in [0.05, 0.1) is 11.0 Å². The molecule has 104 valence electrons. The van der Waals surface area contributed by atoms with E-state index in [-0.39, 0.29) is 5.41 Å². The number of aromatic nitrogens is 2. The minimum absolute atomic E-state index is 0.210. The lowest BCUT2D eigenvalue weighted by atomic mass is 9.93. The second-order valence-corrected chi connectivity index (χ2v) is 6.24. The monoisotopic (exact) mass is 260 g/mol. The molecule has 0 atom stereocenters. The normalized spacial score (nSPS) is 12.3. The summed E-state index contributed by atoms with van der Waals surface area (Å²) in [5.41, 5.74) is 2.41. The molecule has 0 aliphatic carbocycles. The van der Waals surface area contributed by atoms with Crippen LogP contribution in [0, 0.1) is 5.41 Å². The van der Waals surface area contributed by atoms with Gasteiger partial charge in [-0.3, -0.25) is 0 Å². The van der Waals surface area contributed by atoms with Gasteiger partial charge in [0.25, 0.3) is 0 Å². The van der Waals surface area contributed by atoms with Gasteiger partial charge in [-0.2, -0.15) is 0 Å². The van der Waals surface area contributed by atoms with E-state index in [0.717, 1.165) is 30.1 Å². The summed E-state index contributed by atoms with van der Waals surface area (Å²) in [7, 11) is 6.27. The first-order valence-electron chi connectivity index (χ1n) is 6.69. The Morgan fingerprint density at radius 3 is 2.58 bits per heavy atom. The zero-order chi connectivity index (χ0) is 14.0. The van der Waals surface area contributed by atoms with E-state index >= 15 is 0 Å². The van der Waals surface area contributed by atoms with Crippen molar-refractivity contribution in [1.82, 2.24) is 14.5 Å². The van der Waals surface area contributed by atoms with Crippen LogP contribution in [-0.2, 0) is 7.05 Å². The highest BCUT2D eigenvalue weighted by atomic mass is 15.2. The van der Waals surface area contributed by atoms with Crippen LogP contribution in [0.2, 0.25) is 0 Å². The zero-order valence-corrected chi connectivity index (χ0v) is 12.6. The predicted molar refractivity (Wildman–Crippen MR) is 81.5 cm³/mol. The third-order valence-corrected chi connectivity index (χ3v) is 3.26. The lowest BCUT2D eigenvalue weighted by molar-refractivity contribution is 0.253. The summed E-state index contributed by atoms with van der Waals surface area (Å²) in [6.45, 7) is 6.48. The SMILES string of the molecule is CN(C)CC(C)(C)CNc1nc2ccccc2n1C. The van der Waals surface area contributed by atoms with Gasteiger partial charge in [0.15, 0.2) is 0 Å². The number of para-hydroxylation sites is 2. The number of aryl methyl sites for hydroxylation is 1. The highest BCUT2D eigenvalue weighted by Gasteiger charge is 2.19. The van der Waals surface area contributed by atoms with E-state index in [9.17, 15) is 0 Å². The fourth-order valence-electron chi connectivity index (χ4n) is 2.53. The molecule has 1 aromatic heterocycles.